The molecule has 4 fully saturated rings. The lowest BCUT2D eigenvalue weighted by Crippen LogP contribution is -2.48. The van der Waals surface area contributed by atoms with E-state index in [-0.39, 0.29) is 54.5 Å². The molecule has 4 atom stereocenters. The Bertz CT molecular complexity index is 1360. The number of Topliss-reactive ketones (excluding diaryl/α,β-unsaturated/α-hetero) is 1. The summed E-state index contributed by atoms with van der Waals surface area (Å²) in [6.07, 6.45) is 11.8. The summed E-state index contributed by atoms with van der Waals surface area (Å²) in [5.41, 5.74) is 8.24. The molecule has 8 nitrogen and oxygen atoms in total. The summed E-state index contributed by atoms with van der Waals surface area (Å²) >= 11 is 0. The number of carbonyl (C=O) groups excluding carboxylic acids is 3. The maximum absolute atomic E-state index is 14.2. The molecule has 0 radical (unpaired) electrons. The number of esters is 1. The molecule has 2 aliphatic heterocycles. The number of carbonyl (C=O) groups is 3. The SMILES string of the molecule is Cn1c(C(=O)OC[C@@H]2CCCO2)cc2cc(CC(=O)[C@@H]3[C@H](C4CCCCC4)CCN3C(=O)C3CCC([C@H](N)CF)CC3)ccc21. The number of aromatic nitrogens is 1. The standard InChI is InChI=1S/C36H50FN3O5/c1-39-31-14-9-23(18-27(31)20-32(39)36(43)45-22-28-8-5-17-44-28)19-33(41)34-29(24-6-3-2-4-7-24)15-16-40(34)35(42)26-12-10-25(11-13-26)30(38)21-37/h9,14,18,20,24-26,28-30,34H,2-8,10-13,15-17,19,21-22,38H2,1H3/t25?,26?,28-,29-,30+,34-/m0/s1. The van der Waals surface area contributed by atoms with Gasteiger partial charge in [0, 0.05) is 49.5 Å². The number of aryl methyl sites for hydroxylation is 1. The van der Waals surface area contributed by atoms with E-state index in [1.165, 1.54) is 19.3 Å². The molecular formula is C36H50FN3O5. The van der Waals surface area contributed by atoms with Gasteiger partial charge in [-0.2, -0.15) is 0 Å². The van der Waals surface area contributed by atoms with Gasteiger partial charge in [-0.3, -0.25) is 9.59 Å². The van der Waals surface area contributed by atoms with Gasteiger partial charge in [0.15, 0.2) is 5.78 Å². The van der Waals surface area contributed by atoms with Gasteiger partial charge in [-0.15, -0.1) is 0 Å². The van der Waals surface area contributed by atoms with E-state index >= 15 is 0 Å². The van der Waals surface area contributed by atoms with Crippen LogP contribution in [0.25, 0.3) is 10.9 Å². The second kappa shape index (κ2) is 14.3. The van der Waals surface area contributed by atoms with Gasteiger partial charge in [0.05, 0.1) is 12.1 Å². The van der Waals surface area contributed by atoms with Crippen LogP contribution in [0, 0.1) is 23.7 Å². The number of benzene rings is 1. The lowest BCUT2D eigenvalue weighted by atomic mass is 9.75. The minimum Gasteiger partial charge on any atom is -0.458 e. The van der Waals surface area contributed by atoms with Crippen molar-refractivity contribution in [3.05, 3.63) is 35.5 Å². The van der Waals surface area contributed by atoms with Gasteiger partial charge in [0.1, 0.15) is 19.0 Å². The molecule has 4 aliphatic rings. The van der Waals surface area contributed by atoms with Crippen LogP contribution in [-0.2, 0) is 32.5 Å². The topological polar surface area (TPSA) is 104 Å². The highest BCUT2D eigenvalue weighted by atomic mass is 19.1. The second-order valence-electron chi connectivity index (χ2n) is 14.1. The summed E-state index contributed by atoms with van der Waals surface area (Å²) in [4.78, 5) is 43.0. The third kappa shape index (κ3) is 6.99. The Hall–Kier alpha value is -2.78. The van der Waals surface area contributed by atoms with Crippen LogP contribution in [-0.4, -0.2) is 71.7 Å². The molecule has 0 bridgehead atoms. The Kier molecular flexibility index (Phi) is 10.2. The first-order valence-electron chi connectivity index (χ1n) is 17.4. The number of fused-ring (bicyclic) bond motifs is 1. The van der Waals surface area contributed by atoms with Crippen molar-refractivity contribution in [1.82, 2.24) is 9.47 Å². The van der Waals surface area contributed by atoms with Gasteiger partial charge in [-0.1, -0.05) is 38.2 Å². The molecule has 6 rings (SSSR count). The van der Waals surface area contributed by atoms with E-state index in [4.69, 9.17) is 15.2 Å². The van der Waals surface area contributed by atoms with Gasteiger partial charge in [0.25, 0.3) is 0 Å². The number of nitrogens with two attached hydrogens (primary N) is 1. The van der Waals surface area contributed by atoms with E-state index in [1.807, 2.05) is 40.8 Å². The first kappa shape index (κ1) is 32.2. The molecule has 1 aromatic heterocycles. The summed E-state index contributed by atoms with van der Waals surface area (Å²) in [6, 6.07) is 6.91. The molecule has 2 aromatic rings. The van der Waals surface area contributed by atoms with Crippen LogP contribution in [0.5, 0.6) is 0 Å². The third-order valence-corrected chi connectivity index (χ3v) is 11.3. The minimum absolute atomic E-state index is 0.0320. The molecular weight excluding hydrogens is 573 g/mol. The number of hydrogen-bond acceptors (Lipinski definition) is 6. The highest BCUT2D eigenvalue weighted by Gasteiger charge is 2.46. The fraction of sp³-hybridized carbons (Fsp3) is 0.694. The molecule has 9 heteroatoms. The average Bonchev–Trinajstić information content (AvgIpc) is 3.83. The monoisotopic (exact) mass is 623 g/mol. The summed E-state index contributed by atoms with van der Waals surface area (Å²) in [7, 11) is 1.85. The summed E-state index contributed by atoms with van der Waals surface area (Å²) in [6.45, 7) is 1.08. The van der Waals surface area contributed by atoms with Crippen molar-refractivity contribution in [2.45, 2.75) is 102 Å². The third-order valence-electron chi connectivity index (χ3n) is 11.3. The van der Waals surface area contributed by atoms with E-state index in [0.717, 1.165) is 61.4 Å². The molecule has 1 aromatic carbocycles. The average molecular weight is 624 g/mol. The van der Waals surface area contributed by atoms with Crippen molar-refractivity contribution in [2.75, 3.05) is 26.4 Å². The number of nitrogens with zero attached hydrogens (tertiary/aromatic N) is 2. The molecule has 2 saturated carbocycles. The highest BCUT2D eigenvalue weighted by Crippen LogP contribution is 2.41. The summed E-state index contributed by atoms with van der Waals surface area (Å²) < 4.78 is 26.2. The second-order valence-corrected chi connectivity index (χ2v) is 14.1. The van der Waals surface area contributed by atoms with E-state index in [2.05, 4.69) is 0 Å². The van der Waals surface area contributed by atoms with Gasteiger partial charge < -0.3 is 24.7 Å². The van der Waals surface area contributed by atoms with Crippen molar-refractivity contribution >= 4 is 28.6 Å². The largest absolute Gasteiger partial charge is 0.458 e. The van der Waals surface area contributed by atoms with Crippen LogP contribution in [0.1, 0.15) is 93.1 Å². The zero-order valence-electron chi connectivity index (χ0n) is 26.8. The lowest BCUT2D eigenvalue weighted by molar-refractivity contribution is -0.143. The van der Waals surface area contributed by atoms with E-state index in [1.54, 1.807) is 0 Å². The fourth-order valence-electron chi connectivity index (χ4n) is 8.72. The molecule has 2 N–H and O–H groups in total. The number of halogens is 1. The van der Waals surface area contributed by atoms with Crippen molar-refractivity contribution in [2.24, 2.45) is 36.5 Å². The number of amides is 1. The van der Waals surface area contributed by atoms with E-state index < -0.39 is 18.8 Å². The number of rotatable bonds is 10. The normalized spacial score (nSPS) is 28.4. The molecule has 3 heterocycles. The Morgan fingerprint density at radius 3 is 2.49 bits per heavy atom. The summed E-state index contributed by atoms with van der Waals surface area (Å²) in [5, 5.41) is 0.887. The Morgan fingerprint density at radius 1 is 1.00 bits per heavy atom. The highest BCUT2D eigenvalue weighted by molar-refractivity contribution is 5.97. The van der Waals surface area contributed by atoms with Crippen molar-refractivity contribution in [1.29, 1.82) is 0 Å². The van der Waals surface area contributed by atoms with Crippen LogP contribution in [0.2, 0.25) is 0 Å². The maximum Gasteiger partial charge on any atom is 0.355 e. The predicted octanol–water partition coefficient (Wildman–Crippen LogP) is 5.53. The van der Waals surface area contributed by atoms with Gasteiger partial charge in [-0.05, 0) is 86.5 Å². The quantitative estimate of drug-likeness (QED) is 0.350. The van der Waals surface area contributed by atoms with Gasteiger partial charge in [-0.25, -0.2) is 9.18 Å². The smallest absolute Gasteiger partial charge is 0.355 e. The number of likely N-dealkylation sites (tertiary alicyclic amines) is 1. The van der Waals surface area contributed by atoms with E-state index in [9.17, 15) is 18.8 Å². The Morgan fingerprint density at radius 2 is 1.78 bits per heavy atom. The first-order valence-corrected chi connectivity index (χ1v) is 17.4. The van der Waals surface area contributed by atoms with Crippen LogP contribution in [0.15, 0.2) is 24.3 Å². The lowest BCUT2D eigenvalue weighted by Gasteiger charge is -2.37. The minimum atomic E-state index is -0.523. The van der Waals surface area contributed by atoms with Crippen LogP contribution >= 0.6 is 0 Å². The van der Waals surface area contributed by atoms with Crippen LogP contribution in [0.4, 0.5) is 4.39 Å². The number of ether oxygens (including phenoxy) is 2. The molecule has 246 valence electrons. The summed E-state index contributed by atoms with van der Waals surface area (Å²) in [5.74, 6) is 0.513. The van der Waals surface area contributed by atoms with Crippen LogP contribution in [0.3, 0.4) is 0 Å². The molecule has 0 unspecified atom stereocenters. The molecule has 1 amide bonds. The zero-order valence-corrected chi connectivity index (χ0v) is 26.8. The van der Waals surface area contributed by atoms with Gasteiger partial charge in [0.2, 0.25) is 5.91 Å². The molecule has 2 aliphatic carbocycles. The predicted molar refractivity (Wildman–Crippen MR) is 170 cm³/mol. The zero-order chi connectivity index (χ0) is 31.5. The first-order chi connectivity index (χ1) is 21.8. The number of alkyl halides is 1. The number of hydrogen-bond donors (Lipinski definition) is 1. The number of ketones is 1. The van der Waals surface area contributed by atoms with Gasteiger partial charge >= 0.3 is 5.97 Å². The molecule has 45 heavy (non-hydrogen) atoms. The fourth-order valence-corrected chi connectivity index (χ4v) is 8.72. The van der Waals surface area contributed by atoms with Crippen molar-refractivity contribution in [3.8, 4) is 0 Å². The Balaban J connectivity index is 1.17. The van der Waals surface area contributed by atoms with Crippen molar-refractivity contribution < 1.29 is 28.2 Å². The molecule has 0 spiro atoms. The Labute approximate surface area is 266 Å². The van der Waals surface area contributed by atoms with E-state index in [0.29, 0.717) is 37.6 Å². The molecule has 2 saturated heterocycles. The van der Waals surface area contributed by atoms with Crippen molar-refractivity contribution in [3.63, 3.8) is 0 Å². The van der Waals surface area contributed by atoms with Crippen LogP contribution < -0.4 is 5.73 Å². The maximum atomic E-state index is 14.2.